The van der Waals surface area contributed by atoms with E-state index in [2.05, 4.69) is 36.1 Å². The third kappa shape index (κ3) is 3.45. The molecule has 2 rings (SSSR count). The highest BCUT2D eigenvalue weighted by Crippen LogP contribution is 2.21. The van der Waals surface area contributed by atoms with E-state index in [0.29, 0.717) is 12.7 Å². The Kier molecular flexibility index (Phi) is 4.40. The van der Waals surface area contributed by atoms with Crippen molar-refractivity contribution in [3.8, 4) is 0 Å². The number of hydrogen-bond acceptors (Lipinski definition) is 3. The molecule has 0 unspecified atom stereocenters. The maximum absolute atomic E-state index is 8.72. The van der Waals surface area contributed by atoms with Crippen molar-refractivity contribution in [1.29, 1.82) is 0 Å². The molecule has 17 heavy (non-hydrogen) atoms. The van der Waals surface area contributed by atoms with Gasteiger partial charge in [-0.2, -0.15) is 0 Å². The van der Waals surface area contributed by atoms with Gasteiger partial charge in [0.1, 0.15) is 0 Å². The van der Waals surface area contributed by atoms with Crippen molar-refractivity contribution in [2.75, 3.05) is 31.2 Å². The number of piperidine rings is 1. The van der Waals surface area contributed by atoms with E-state index in [1.54, 1.807) is 0 Å². The zero-order valence-electron chi connectivity index (χ0n) is 10.4. The Hall–Kier alpha value is -1.06. The number of benzene rings is 1. The number of anilines is 1. The molecule has 3 nitrogen and oxygen atoms in total. The van der Waals surface area contributed by atoms with E-state index in [0.717, 1.165) is 25.9 Å². The fourth-order valence-corrected chi connectivity index (χ4v) is 2.26. The zero-order chi connectivity index (χ0) is 12.1. The predicted octanol–water partition coefficient (Wildman–Crippen LogP) is 1.97. The van der Waals surface area contributed by atoms with E-state index in [1.165, 1.54) is 11.3 Å². The van der Waals surface area contributed by atoms with Gasteiger partial charge >= 0.3 is 0 Å². The summed E-state index contributed by atoms with van der Waals surface area (Å²) in [7, 11) is 0. The van der Waals surface area contributed by atoms with E-state index >= 15 is 0 Å². The standard InChI is InChI=1S/C14H21NO2/c1-12-2-4-13(5-3-12)15-8-6-14(7-9-15)17-11-10-16/h2-5,14,16H,6-11H2,1H3. The molecule has 1 aromatic carbocycles. The van der Waals surface area contributed by atoms with Crippen LogP contribution in [0.25, 0.3) is 0 Å². The SMILES string of the molecule is Cc1ccc(N2CCC(OCCO)CC2)cc1. The van der Waals surface area contributed by atoms with E-state index in [-0.39, 0.29) is 6.61 Å². The average Bonchev–Trinajstić information content (AvgIpc) is 2.38. The molecule has 1 aliphatic heterocycles. The van der Waals surface area contributed by atoms with Gasteiger partial charge in [0.25, 0.3) is 0 Å². The number of hydrogen-bond donors (Lipinski definition) is 1. The molecule has 0 aromatic heterocycles. The lowest BCUT2D eigenvalue weighted by molar-refractivity contribution is 0.0159. The predicted molar refractivity (Wildman–Crippen MR) is 69.5 cm³/mol. The van der Waals surface area contributed by atoms with Crippen LogP contribution in [-0.4, -0.2) is 37.5 Å². The first kappa shape index (κ1) is 12.4. The first-order chi connectivity index (χ1) is 8.29. The van der Waals surface area contributed by atoms with Crippen LogP contribution in [0.3, 0.4) is 0 Å². The van der Waals surface area contributed by atoms with Gasteiger partial charge in [-0.15, -0.1) is 0 Å². The molecule has 0 spiro atoms. The summed E-state index contributed by atoms with van der Waals surface area (Å²) >= 11 is 0. The largest absolute Gasteiger partial charge is 0.394 e. The van der Waals surface area contributed by atoms with Crippen LogP contribution in [0.15, 0.2) is 24.3 Å². The molecular formula is C14H21NO2. The first-order valence-corrected chi connectivity index (χ1v) is 6.33. The van der Waals surface area contributed by atoms with Gasteiger partial charge in [-0.05, 0) is 31.9 Å². The number of rotatable bonds is 4. The van der Waals surface area contributed by atoms with Crippen LogP contribution in [0.4, 0.5) is 5.69 Å². The van der Waals surface area contributed by atoms with Crippen molar-refractivity contribution in [2.24, 2.45) is 0 Å². The van der Waals surface area contributed by atoms with Crippen molar-refractivity contribution in [1.82, 2.24) is 0 Å². The minimum Gasteiger partial charge on any atom is -0.394 e. The molecule has 0 radical (unpaired) electrons. The van der Waals surface area contributed by atoms with E-state index in [9.17, 15) is 0 Å². The number of ether oxygens (including phenoxy) is 1. The lowest BCUT2D eigenvalue weighted by atomic mass is 10.1. The summed E-state index contributed by atoms with van der Waals surface area (Å²) in [5.74, 6) is 0. The molecule has 0 atom stereocenters. The fraction of sp³-hybridized carbons (Fsp3) is 0.571. The van der Waals surface area contributed by atoms with Crippen LogP contribution < -0.4 is 4.90 Å². The Labute approximate surface area is 103 Å². The normalized spacial score (nSPS) is 17.4. The van der Waals surface area contributed by atoms with Gasteiger partial charge in [0, 0.05) is 18.8 Å². The quantitative estimate of drug-likeness (QED) is 0.866. The highest BCUT2D eigenvalue weighted by atomic mass is 16.5. The molecule has 0 aliphatic carbocycles. The van der Waals surface area contributed by atoms with E-state index in [1.807, 2.05) is 0 Å². The zero-order valence-corrected chi connectivity index (χ0v) is 10.4. The van der Waals surface area contributed by atoms with Crippen LogP contribution in [0.5, 0.6) is 0 Å². The van der Waals surface area contributed by atoms with E-state index in [4.69, 9.17) is 9.84 Å². The highest BCUT2D eigenvalue weighted by molar-refractivity contribution is 5.47. The molecule has 0 amide bonds. The Morgan fingerprint density at radius 2 is 1.88 bits per heavy atom. The van der Waals surface area contributed by atoms with Gasteiger partial charge in [0.15, 0.2) is 0 Å². The third-order valence-corrected chi connectivity index (χ3v) is 3.29. The fourth-order valence-electron chi connectivity index (χ4n) is 2.26. The summed E-state index contributed by atoms with van der Waals surface area (Å²) < 4.78 is 5.56. The van der Waals surface area contributed by atoms with Gasteiger partial charge < -0.3 is 14.7 Å². The molecule has 1 saturated heterocycles. The second-order valence-electron chi connectivity index (χ2n) is 4.62. The Balaban J connectivity index is 1.84. The van der Waals surface area contributed by atoms with Crippen LogP contribution in [0, 0.1) is 6.92 Å². The molecule has 1 aliphatic rings. The van der Waals surface area contributed by atoms with E-state index < -0.39 is 0 Å². The van der Waals surface area contributed by atoms with Crippen molar-refractivity contribution < 1.29 is 9.84 Å². The number of aliphatic hydroxyl groups excluding tert-OH is 1. The second-order valence-corrected chi connectivity index (χ2v) is 4.62. The van der Waals surface area contributed by atoms with Crippen LogP contribution in [0.2, 0.25) is 0 Å². The number of aliphatic hydroxyl groups is 1. The molecule has 3 heteroatoms. The maximum atomic E-state index is 8.72. The van der Waals surface area contributed by atoms with Crippen LogP contribution >= 0.6 is 0 Å². The maximum Gasteiger partial charge on any atom is 0.0701 e. The minimum atomic E-state index is 0.123. The van der Waals surface area contributed by atoms with Gasteiger partial charge in [0.2, 0.25) is 0 Å². The topological polar surface area (TPSA) is 32.7 Å². The summed E-state index contributed by atoms with van der Waals surface area (Å²) in [6.07, 6.45) is 2.42. The van der Waals surface area contributed by atoms with Crippen molar-refractivity contribution in [3.63, 3.8) is 0 Å². The minimum absolute atomic E-state index is 0.123. The van der Waals surface area contributed by atoms with Gasteiger partial charge in [0.05, 0.1) is 19.3 Å². The summed E-state index contributed by atoms with van der Waals surface area (Å²) in [6.45, 7) is 4.78. The monoisotopic (exact) mass is 235 g/mol. The van der Waals surface area contributed by atoms with Crippen LogP contribution in [-0.2, 0) is 4.74 Å². The number of aryl methyl sites for hydroxylation is 1. The molecule has 94 valence electrons. The van der Waals surface area contributed by atoms with Crippen LogP contribution in [0.1, 0.15) is 18.4 Å². The Morgan fingerprint density at radius 1 is 1.24 bits per heavy atom. The molecule has 1 fully saturated rings. The summed E-state index contributed by atoms with van der Waals surface area (Å²) in [5, 5.41) is 8.72. The summed E-state index contributed by atoms with van der Waals surface area (Å²) in [6, 6.07) is 8.68. The first-order valence-electron chi connectivity index (χ1n) is 6.33. The van der Waals surface area contributed by atoms with Crippen molar-refractivity contribution >= 4 is 5.69 Å². The Morgan fingerprint density at radius 3 is 2.47 bits per heavy atom. The van der Waals surface area contributed by atoms with Gasteiger partial charge in [-0.25, -0.2) is 0 Å². The lowest BCUT2D eigenvalue weighted by Crippen LogP contribution is -2.37. The second kappa shape index (κ2) is 6.03. The van der Waals surface area contributed by atoms with Gasteiger partial charge in [-0.1, -0.05) is 17.7 Å². The Bertz CT molecular complexity index is 329. The molecule has 1 N–H and O–H groups in total. The molecule has 0 bridgehead atoms. The van der Waals surface area contributed by atoms with Crippen molar-refractivity contribution in [2.45, 2.75) is 25.9 Å². The summed E-state index contributed by atoms with van der Waals surface area (Å²) in [5.41, 5.74) is 2.60. The highest BCUT2D eigenvalue weighted by Gasteiger charge is 2.19. The van der Waals surface area contributed by atoms with Crippen molar-refractivity contribution in [3.05, 3.63) is 29.8 Å². The number of nitrogens with zero attached hydrogens (tertiary/aromatic N) is 1. The lowest BCUT2D eigenvalue weighted by Gasteiger charge is -2.33. The smallest absolute Gasteiger partial charge is 0.0701 e. The summed E-state index contributed by atoms with van der Waals surface area (Å²) in [4.78, 5) is 2.40. The molecular weight excluding hydrogens is 214 g/mol. The third-order valence-electron chi connectivity index (χ3n) is 3.29. The average molecular weight is 235 g/mol. The van der Waals surface area contributed by atoms with Gasteiger partial charge in [-0.3, -0.25) is 0 Å². The molecule has 1 aromatic rings. The molecule has 1 heterocycles. The molecule has 0 saturated carbocycles.